The van der Waals surface area contributed by atoms with Crippen LogP contribution in [0.4, 0.5) is 0 Å². The molecule has 114 valence electrons. The second-order valence-corrected chi connectivity index (χ2v) is 4.37. The van der Waals surface area contributed by atoms with Crippen molar-refractivity contribution < 1.29 is 19.8 Å². The van der Waals surface area contributed by atoms with E-state index >= 15 is 0 Å². The van der Waals surface area contributed by atoms with Crippen LogP contribution >= 0.6 is 0 Å². The summed E-state index contributed by atoms with van der Waals surface area (Å²) < 4.78 is 0. The quantitative estimate of drug-likeness (QED) is 0.574. The highest BCUT2D eigenvalue weighted by molar-refractivity contribution is 5.36. The normalized spacial score (nSPS) is 10.7. The molecule has 2 rings (SSSR count). The summed E-state index contributed by atoms with van der Waals surface area (Å²) in [6.45, 7) is -0.644. The minimum atomic E-state index is -1.72. The molecule has 0 unspecified atom stereocenters. The molecule has 0 aliphatic heterocycles. The second kappa shape index (κ2) is 6.53. The Morgan fingerprint density at radius 2 is 1.27 bits per heavy atom. The largest absolute Gasteiger partial charge is 0.310 e. The van der Waals surface area contributed by atoms with Crippen LogP contribution in [0.5, 0.6) is 0 Å². The minimum absolute atomic E-state index is 0.375. The molecule has 0 N–H and O–H groups in total. The molecule has 0 radical (unpaired) electrons. The fraction of sp³-hybridized carbons (Fsp3) is 0.143. The van der Waals surface area contributed by atoms with Crippen LogP contribution in [-0.2, 0) is 15.3 Å². The summed E-state index contributed by atoms with van der Waals surface area (Å²) in [6, 6.07) is 16.4. The summed E-state index contributed by atoms with van der Waals surface area (Å²) in [4.78, 5) is 30.8. The Labute approximate surface area is 125 Å². The zero-order chi connectivity index (χ0) is 16.0. The standard InChI is InChI=1S/C14H12N2O6/c17-15(18)21-11-14(22-16(19)20,12-7-3-1-4-8-12)13-9-5-2-6-10-13/h1-10H,11H2. The highest BCUT2D eigenvalue weighted by Gasteiger charge is 2.40. The zero-order valence-electron chi connectivity index (χ0n) is 11.3. The first-order chi connectivity index (χ1) is 10.5. The molecule has 0 heterocycles. The summed E-state index contributed by atoms with van der Waals surface area (Å²) in [5.74, 6) is 0. The number of nitrogens with zero attached hydrogens (tertiary/aromatic N) is 2. The number of benzene rings is 2. The van der Waals surface area contributed by atoms with Crippen molar-refractivity contribution in [2.24, 2.45) is 0 Å². The van der Waals surface area contributed by atoms with Gasteiger partial charge in [-0.1, -0.05) is 60.7 Å². The van der Waals surface area contributed by atoms with Gasteiger partial charge in [0, 0.05) is 0 Å². The third kappa shape index (κ3) is 3.29. The van der Waals surface area contributed by atoms with Gasteiger partial charge in [-0.15, -0.1) is 20.2 Å². The first-order valence-electron chi connectivity index (χ1n) is 6.26. The maximum absolute atomic E-state index is 11.0. The van der Waals surface area contributed by atoms with Gasteiger partial charge in [-0.05, 0) is 11.1 Å². The topological polar surface area (TPSA) is 105 Å². The third-order valence-corrected chi connectivity index (χ3v) is 3.08. The minimum Gasteiger partial charge on any atom is -0.310 e. The Morgan fingerprint density at radius 1 is 0.818 bits per heavy atom. The molecule has 0 aliphatic rings. The molecule has 22 heavy (non-hydrogen) atoms. The number of hydrogen-bond acceptors (Lipinski definition) is 6. The Kier molecular flexibility index (Phi) is 4.52. The summed E-state index contributed by atoms with van der Waals surface area (Å²) in [5, 5.41) is 19.5. The van der Waals surface area contributed by atoms with E-state index in [0.29, 0.717) is 11.1 Å². The molecule has 0 bridgehead atoms. The summed E-state index contributed by atoms with van der Waals surface area (Å²) in [7, 11) is 0. The van der Waals surface area contributed by atoms with Crippen LogP contribution in [0.3, 0.4) is 0 Å². The summed E-state index contributed by atoms with van der Waals surface area (Å²) >= 11 is 0. The van der Waals surface area contributed by atoms with Crippen LogP contribution in [-0.4, -0.2) is 16.8 Å². The van der Waals surface area contributed by atoms with Crippen molar-refractivity contribution in [1.82, 2.24) is 0 Å². The van der Waals surface area contributed by atoms with Crippen LogP contribution in [0, 0.1) is 20.2 Å². The molecule has 0 aromatic heterocycles. The van der Waals surface area contributed by atoms with E-state index in [9.17, 15) is 20.2 Å². The Balaban J connectivity index is 2.57. The zero-order valence-corrected chi connectivity index (χ0v) is 11.3. The number of hydrogen-bond donors (Lipinski definition) is 0. The predicted molar refractivity (Wildman–Crippen MR) is 74.7 cm³/mol. The highest BCUT2D eigenvalue weighted by atomic mass is 17.0. The average Bonchev–Trinajstić information content (AvgIpc) is 2.53. The first kappa shape index (κ1) is 15.2. The van der Waals surface area contributed by atoms with Gasteiger partial charge in [-0.25, -0.2) is 0 Å². The van der Waals surface area contributed by atoms with Crippen LogP contribution < -0.4 is 0 Å². The molecule has 2 aromatic carbocycles. The van der Waals surface area contributed by atoms with Crippen molar-refractivity contribution in [3.05, 3.63) is 92.0 Å². The van der Waals surface area contributed by atoms with Gasteiger partial charge in [0.15, 0.2) is 5.60 Å². The molecule has 0 saturated carbocycles. The molecule has 2 aromatic rings. The van der Waals surface area contributed by atoms with E-state index in [4.69, 9.17) is 4.84 Å². The van der Waals surface area contributed by atoms with E-state index in [1.54, 1.807) is 60.7 Å². The van der Waals surface area contributed by atoms with Crippen LogP contribution in [0.25, 0.3) is 0 Å². The van der Waals surface area contributed by atoms with Gasteiger partial charge in [0.2, 0.25) is 0 Å². The lowest BCUT2D eigenvalue weighted by atomic mass is 9.87. The lowest BCUT2D eigenvalue weighted by molar-refractivity contribution is -0.801. The van der Waals surface area contributed by atoms with Crippen molar-refractivity contribution in [2.45, 2.75) is 5.60 Å². The van der Waals surface area contributed by atoms with E-state index in [0.717, 1.165) is 0 Å². The molecule has 0 atom stereocenters. The molecule has 0 fully saturated rings. The predicted octanol–water partition coefficient (Wildman–Crippen LogP) is 2.35. The molecule has 0 aliphatic carbocycles. The van der Waals surface area contributed by atoms with Crippen molar-refractivity contribution >= 4 is 0 Å². The monoisotopic (exact) mass is 304 g/mol. The maximum atomic E-state index is 11.0. The molecular formula is C14H12N2O6. The van der Waals surface area contributed by atoms with Crippen molar-refractivity contribution in [1.29, 1.82) is 0 Å². The fourth-order valence-corrected chi connectivity index (χ4v) is 2.15. The van der Waals surface area contributed by atoms with Gasteiger partial charge in [0.1, 0.15) is 6.61 Å². The molecular weight excluding hydrogens is 292 g/mol. The molecule has 8 heteroatoms. The fourth-order valence-electron chi connectivity index (χ4n) is 2.15. The van der Waals surface area contributed by atoms with E-state index in [1.807, 2.05) is 0 Å². The molecule has 8 nitrogen and oxygen atoms in total. The van der Waals surface area contributed by atoms with Gasteiger partial charge in [0.05, 0.1) is 0 Å². The van der Waals surface area contributed by atoms with Crippen molar-refractivity contribution in [2.75, 3.05) is 6.61 Å². The first-order valence-corrected chi connectivity index (χ1v) is 6.26. The lowest BCUT2D eigenvalue weighted by Gasteiger charge is -2.31. The lowest BCUT2D eigenvalue weighted by Crippen LogP contribution is -2.39. The van der Waals surface area contributed by atoms with Crippen LogP contribution in [0.2, 0.25) is 0 Å². The van der Waals surface area contributed by atoms with Gasteiger partial charge >= 0.3 is 0 Å². The van der Waals surface area contributed by atoms with Gasteiger partial charge in [-0.2, -0.15) is 0 Å². The van der Waals surface area contributed by atoms with Crippen LogP contribution in [0.1, 0.15) is 11.1 Å². The van der Waals surface area contributed by atoms with E-state index in [2.05, 4.69) is 4.84 Å². The van der Waals surface area contributed by atoms with E-state index in [-0.39, 0.29) is 0 Å². The third-order valence-electron chi connectivity index (χ3n) is 3.08. The van der Waals surface area contributed by atoms with E-state index in [1.165, 1.54) is 0 Å². The molecule has 0 spiro atoms. The van der Waals surface area contributed by atoms with Gasteiger partial charge in [-0.3, -0.25) is 4.84 Å². The highest BCUT2D eigenvalue weighted by Crippen LogP contribution is 2.34. The Bertz CT molecular complexity index is 607. The number of rotatable bonds is 7. The molecule has 0 saturated heterocycles. The van der Waals surface area contributed by atoms with Gasteiger partial charge in [0.25, 0.3) is 10.2 Å². The summed E-state index contributed by atoms with van der Waals surface area (Å²) in [6.07, 6.45) is 0. The Hall–Kier alpha value is -3.16. The Morgan fingerprint density at radius 3 is 1.64 bits per heavy atom. The maximum Gasteiger partial charge on any atom is 0.295 e. The second-order valence-electron chi connectivity index (χ2n) is 4.37. The average molecular weight is 304 g/mol. The van der Waals surface area contributed by atoms with E-state index < -0.39 is 22.4 Å². The SMILES string of the molecule is O=[N+]([O-])OCC(O[N+](=O)[O-])(c1ccccc1)c1ccccc1. The van der Waals surface area contributed by atoms with Crippen molar-refractivity contribution in [3.63, 3.8) is 0 Å². The van der Waals surface area contributed by atoms with Crippen molar-refractivity contribution in [3.8, 4) is 0 Å². The smallest absolute Gasteiger partial charge is 0.295 e. The van der Waals surface area contributed by atoms with Gasteiger partial charge < -0.3 is 4.84 Å². The molecule has 0 amide bonds. The summed E-state index contributed by atoms with van der Waals surface area (Å²) in [5.41, 5.74) is -0.974. The van der Waals surface area contributed by atoms with Crippen LogP contribution in [0.15, 0.2) is 60.7 Å².